The van der Waals surface area contributed by atoms with Crippen molar-refractivity contribution in [1.82, 2.24) is 4.98 Å². The minimum atomic E-state index is 0.0133. The lowest BCUT2D eigenvalue weighted by molar-refractivity contribution is -0.120. The van der Waals surface area contributed by atoms with Crippen LogP contribution in [0.25, 0.3) is 0 Å². The molecule has 1 amide bonds. The van der Waals surface area contributed by atoms with E-state index in [0.29, 0.717) is 11.6 Å². The van der Waals surface area contributed by atoms with E-state index in [2.05, 4.69) is 43.0 Å². The molecule has 1 aliphatic carbocycles. The summed E-state index contributed by atoms with van der Waals surface area (Å²) >= 11 is 0. The maximum absolute atomic E-state index is 12.8. The van der Waals surface area contributed by atoms with E-state index in [1.54, 1.807) is 12.3 Å². The molecule has 2 atom stereocenters. The molecule has 1 aromatic heterocycles. The van der Waals surface area contributed by atoms with Crippen LogP contribution in [0.5, 0.6) is 0 Å². The van der Waals surface area contributed by atoms with Gasteiger partial charge >= 0.3 is 0 Å². The maximum atomic E-state index is 12.8. The summed E-state index contributed by atoms with van der Waals surface area (Å²) in [5.41, 5.74) is 5.45. The summed E-state index contributed by atoms with van der Waals surface area (Å²) < 4.78 is 0. The first-order valence-electron chi connectivity index (χ1n) is 11.5. The smallest absolute Gasteiger partial charge is 0.227 e. The van der Waals surface area contributed by atoms with Gasteiger partial charge in [-0.15, -0.1) is 0 Å². The Morgan fingerprint density at radius 3 is 2.55 bits per heavy atom. The highest BCUT2D eigenvalue weighted by Gasteiger charge is 2.20. The number of rotatable bonds is 12. The third-order valence-electron chi connectivity index (χ3n) is 6.23. The van der Waals surface area contributed by atoms with Crippen molar-refractivity contribution in [1.29, 1.82) is 5.41 Å². The van der Waals surface area contributed by atoms with Crippen LogP contribution in [0.3, 0.4) is 0 Å². The van der Waals surface area contributed by atoms with Crippen LogP contribution in [0.4, 0.5) is 11.4 Å². The summed E-state index contributed by atoms with van der Waals surface area (Å²) in [6, 6.07) is 1.94. The number of aryl methyl sites for hydroxylation is 1. The molecular weight excluding hydrogens is 384 g/mol. The molecule has 5 heteroatoms. The van der Waals surface area contributed by atoms with Crippen LogP contribution in [0.1, 0.15) is 71.4 Å². The van der Waals surface area contributed by atoms with Crippen molar-refractivity contribution in [3.05, 3.63) is 53.5 Å². The number of hydrogen-bond donors (Lipinski definition) is 3. The highest BCUT2D eigenvalue weighted by Crippen LogP contribution is 2.33. The standard InChI is InChI=1S/C26H38N4O/c1-6-10-22(16-27)25(21-11-9-12-21)30-24-15-23(17-28-19(24)5)29-26(31)20(8-3)14-13-18(4)7-2/h6,10,15-18,20,27,30H,1,7-9,11-14H2,2-5H3,(H,29,31). The topological polar surface area (TPSA) is 77.9 Å². The van der Waals surface area contributed by atoms with E-state index in [4.69, 9.17) is 5.41 Å². The third-order valence-corrected chi connectivity index (χ3v) is 6.23. The summed E-state index contributed by atoms with van der Waals surface area (Å²) in [5.74, 6) is 0.717. The van der Waals surface area contributed by atoms with E-state index in [9.17, 15) is 4.79 Å². The van der Waals surface area contributed by atoms with E-state index in [-0.39, 0.29) is 11.8 Å². The fourth-order valence-electron chi connectivity index (χ4n) is 3.62. The maximum Gasteiger partial charge on any atom is 0.227 e. The highest BCUT2D eigenvalue weighted by molar-refractivity contribution is 5.93. The number of allylic oxidation sites excluding steroid dienone is 4. The normalized spacial score (nSPS) is 15.5. The molecule has 0 radical (unpaired) electrons. The molecule has 1 saturated carbocycles. The van der Waals surface area contributed by atoms with E-state index >= 15 is 0 Å². The third kappa shape index (κ3) is 6.91. The van der Waals surface area contributed by atoms with Gasteiger partial charge < -0.3 is 16.0 Å². The van der Waals surface area contributed by atoms with Crippen molar-refractivity contribution in [2.45, 2.75) is 72.6 Å². The minimum Gasteiger partial charge on any atom is -0.353 e. The van der Waals surface area contributed by atoms with Gasteiger partial charge in [-0.25, -0.2) is 0 Å². The predicted octanol–water partition coefficient (Wildman–Crippen LogP) is 6.79. The number of hydrogen-bond acceptors (Lipinski definition) is 4. The van der Waals surface area contributed by atoms with Crippen molar-refractivity contribution >= 4 is 23.5 Å². The number of aromatic nitrogens is 1. The number of nitrogens with one attached hydrogen (secondary N) is 3. The molecular formula is C26H38N4O. The van der Waals surface area contributed by atoms with Gasteiger partial charge in [0.1, 0.15) is 0 Å². The molecule has 3 N–H and O–H groups in total. The average Bonchev–Trinajstić information content (AvgIpc) is 2.72. The second-order valence-electron chi connectivity index (χ2n) is 8.50. The molecule has 31 heavy (non-hydrogen) atoms. The lowest BCUT2D eigenvalue weighted by Crippen LogP contribution is -2.23. The first-order chi connectivity index (χ1) is 14.9. The Morgan fingerprint density at radius 1 is 1.26 bits per heavy atom. The Labute approximate surface area is 187 Å². The highest BCUT2D eigenvalue weighted by atomic mass is 16.1. The SMILES string of the molecule is C=CC=C(C=N)C(Nc1cc(NC(=O)C(CC)CCC(C)CC)cnc1C)=C1CCC1. The van der Waals surface area contributed by atoms with Crippen LogP contribution < -0.4 is 10.6 Å². The number of carbonyl (C=O) groups is 1. The van der Waals surface area contributed by atoms with Crippen LogP contribution in [0.2, 0.25) is 0 Å². The molecule has 0 spiro atoms. The largest absolute Gasteiger partial charge is 0.353 e. The van der Waals surface area contributed by atoms with Crippen LogP contribution in [-0.2, 0) is 4.79 Å². The summed E-state index contributed by atoms with van der Waals surface area (Å²) in [5, 5.41) is 14.4. The van der Waals surface area contributed by atoms with Crippen LogP contribution in [0.15, 0.2) is 47.8 Å². The molecule has 2 unspecified atom stereocenters. The first kappa shape index (κ1) is 24.6. The molecule has 2 rings (SSSR count). The van der Waals surface area contributed by atoms with E-state index in [1.807, 2.05) is 19.1 Å². The van der Waals surface area contributed by atoms with Gasteiger partial charge in [-0.05, 0) is 63.0 Å². The number of nitrogens with zero attached hydrogens (tertiary/aromatic N) is 1. The zero-order valence-corrected chi connectivity index (χ0v) is 19.6. The summed E-state index contributed by atoms with van der Waals surface area (Å²) in [6.45, 7) is 12.2. The Bertz CT molecular complexity index is 847. The molecule has 0 saturated heterocycles. The summed E-state index contributed by atoms with van der Waals surface area (Å²) in [6.07, 6.45) is 13.8. The fourth-order valence-corrected chi connectivity index (χ4v) is 3.62. The van der Waals surface area contributed by atoms with E-state index < -0.39 is 0 Å². The quantitative estimate of drug-likeness (QED) is 0.256. The first-order valence-corrected chi connectivity index (χ1v) is 11.5. The van der Waals surface area contributed by atoms with Gasteiger partial charge in [-0.1, -0.05) is 45.9 Å². The molecule has 5 nitrogen and oxygen atoms in total. The number of pyridine rings is 1. The Kier molecular flexibility index (Phi) is 9.70. The van der Waals surface area contributed by atoms with Gasteiger partial charge in [-0.3, -0.25) is 9.78 Å². The molecule has 1 aliphatic rings. The van der Waals surface area contributed by atoms with Crippen LogP contribution in [-0.4, -0.2) is 17.1 Å². The van der Waals surface area contributed by atoms with E-state index in [0.717, 1.165) is 61.2 Å². The monoisotopic (exact) mass is 422 g/mol. The van der Waals surface area contributed by atoms with Gasteiger partial charge in [0.25, 0.3) is 0 Å². The lowest BCUT2D eigenvalue weighted by Gasteiger charge is -2.24. The van der Waals surface area contributed by atoms with Crippen molar-refractivity contribution < 1.29 is 4.79 Å². The molecule has 1 aromatic rings. The van der Waals surface area contributed by atoms with Crippen LogP contribution in [0, 0.1) is 24.2 Å². The minimum absolute atomic E-state index is 0.0133. The second kappa shape index (κ2) is 12.2. The number of carbonyl (C=O) groups excluding carboxylic acids is 1. The zero-order chi connectivity index (χ0) is 22.8. The van der Waals surface area contributed by atoms with Gasteiger partial charge in [0, 0.05) is 23.4 Å². The van der Waals surface area contributed by atoms with Crippen molar-refractivity contribution in [2.75, 3.05) is 10.6 Å². The predicted molar refractivity (Wildman–Crippen MR) is 132 cm³/mol. The number of anilines is 2. The summed E-state index contributed by atoms with van der Waals surface area (Å²) in [7, 11) is 0. The van der Waals surface area contributed by atoms with Gasteiger partial charge in [-0.2, -0.15) is 0 Å². The Balaban J connectivity index is 2.19. The van der Waals surface area contributed by atoms with E-state index in [1.165, 1.54) is 18.2 Å². The average molecular weight is 423 g/mol. The summed E-state index contributed by atoms with van der Waals surface area (Å²) in [4.78, 5) is 17.3. The van der Waals surface area contributed by atoms with Crippen LogP contribution >= 0.6 is 0 Å². The molecule has 1 fully saturated rings. The van der Waals surface area contributed by atoms with Gasteiger partial charge in [0.05, 0.1) is 23.3 Å². The molecule has 0 aromatic carbocycles. The lowest BCUT2D eigenvalue weighted by atomic mass is 9.88. The van der Waals surface area contributed by atoms with Crippen molar-refractivity contribution in [3.8, 4) is 0 Å². The van der Waals surface area contributed by atoms with Gasteiger partial charge in [0.15, 0.2) is 0 Å². The molecule has 1 heterocycles. The van der Waals surface area contributed by atoms with Crippen molar-refractivity contribution in [2.24, 2.45) is 11.8 Å². The second-order valence-corrected chi connectivity index (χ2v) is 8.50. The number of amides is 1. The Hall–Kier alpha value is -2.69. The zero-order valence-electron chi connectivity index (χ0n) is 19.6. The molecule has 0 bridgehead atoms. The molecule has 168 valence electrons. The fraction of sp³-hybridized carbons (Fsp3) is 0.500. The van der Waals surface area contributed by atoms with Crippen molar-refractivity contribution in [3.63, 3.8) is 0 Å². The van der Waals surface area contributed by atoms with Gasteiger partial charge in [0.2, 0.25) is 5.91 Å². The molecule has 0 aliphatic heterocycles. The Morgan fingerprint density at radius 2 is 2.00 bits per heavy atom.